The predicted molar refractivity (Wildman–Crippen MR) is 95.3 cm³/mol. The maximum absolute atomic E-state index is 2.41. The van der Waals surface area contributed by atoms with Crippen molar-refractivity contribution in [3.05, 3.63) is 72.3 Å². The van der Waals surface area contributed by atoms with E-state index in [0.29, 0.717) is 0 Å². The van der Waals surface area contributed by atoms with Crippen molar-refractivity contribution >= 4 is 21.8 Å². The van der Waals surface area contributed by atoms with E-state index in [9.17, 15) is 0 Å². The van der Waals surface area contributed by atoms with Gasteiger partial charge in [0.25, 0.3) is 0 Å². The van der Waals surface area contributed by atoms with Crippen molar-refractivity contribution in [1.29, 1.82) is 0 Å². The molecule has 0 aliphatic rings. The second-order valence-corrected chi connectivity index (χ2v) is 5.86. The Morgan fingerprint density at radius 3 is 2.32 bits per heavy atom. The standard InChI is InChI=1S/C21H19N/c1-3-22-20-12-9-15(2)13-19(20)18-11-10-17(14-21(18)22)16-7-5-4-6-8-16/h4-14H,3H2,1-2H3. The fourth-order valence-corrected chi connectivity index (χ4v) is 3.36. The van der Waals surface area contributed by atoms with Gasteiger partial charge in [-0.15, -0.1) is 0 Å². The Bertz CT molecular complexity index is 961. The lowest BCUT2D eigenvalue weighted by atomic mass is 10.0. The third kappa shape index (κ3) is 1.93. The molecule has 1 nitrogen and oxygen atoms in total. The molecule has 4 rings (SSSR count). The summed E-state index contributed by atoms with van der Waals surface area (Å²) in [7, 11) is 0. The van der Waals surface area contributed by atoms with Gasteiger partial charge in [-0.1, -0.05) is 54.1 Å². The first-order valence-corrected chi connectivity index (χ1v) is 7.86. The molecule has 0 saturated heterocycles. The Hall–Kier alpha value is -2.54. The first-order valence-electron chi connectivity index (χ1n) is 7.86. The fraction of sp³-hybridized carbons (Fsp3) is 0.143. The highest BCUT2D eigenvalue weighted by molar-refractivity contribution is 6.09. The third-order valence-corrected chi connectivity index (χ3v) is 4.44. The molecule has 0 aliphatic carbocycles. The normalized spacial score (nSPS) is 11.4. The summed E-state index contributed by atoms with van der Waals surface area (Å²) < 4.78 is 2.41. The molecule has 1 heteroatoms. The van der Waals surface area contributed by atoms with Crippen LogP contribution in [0.25, 0.3) is 32.9 Å². The number of fused-ring (bicyclic) bond motifs is 3. The van der Waals surface area contributed by atoms with Crippen LogP contribution in [0.2, 0.25) is 0 Å². The number of benzene rings is 3. The summed E-state index contributed by atoms with van der Waals surface area (Å²) in [5.74, 6) is 0. The largest absolute Gasteiger partial charge is 0.341 e. The van der Waals surface area contributed by atoms with Crippen LogP contribution in [0, 0.1) is 6.92 Å². The van der Waals surface area contributed by atoms with Crippen LogP contribution < -0.4 is 0 Å². The molecule has 0 bridgehead atoms. The molecule has 3 aromatic carbocycles. The van der Waals surface area contributed by atoms with Crippen LogP contribution in [-0.4, -0.2) is 4.57 Å². The lowest BCUT2D eigenvalue weighted by Gasteiger charge is -2.05. The van der Waals surface area contributed by atoms with E-state index >= 15 is 0 Å². The number of aryl methyl sites for hydroxylation is 2. The number of nitrogens with zero attached hydrogens (tertiary/aromatic N) is 1. The number of hydrogen-bond donors (Lipinski definition) is 0. The molecule has 0 saturated carbocycles. The van der Waals surface area contributed by atoms with Crippen molar-refractivity contribution in [1.82, 2.24) is 4.57 Å². The maximum atomic E-state index is 2.41. The summed E-state index contributed by atoms with van der Waals surface area (Å²) in [6.07, 6.45) is 0. The molecule has 1 aromatic heterocycles. The van der Waals surface area contributed by atoms with Crippen LogP contribution in [0.1, 0.15) is 12.5 Å². The summed E-state index contributed by atoms with van der Waals surface area (Å²) in [6, 6.07) is 24.2. The average Bonchev–Trinajstić information content (AvgIpc) is 2.87. The highest BCUT2D eigenvalue weighted by atomic mass is 15.0. The minimum Gasteiger partial charge on any atom is -0.341 e. The van der Waals surface area contributed by atoms with Crippen molar-refractivity contribution in [2.45, 2.75) is 20.4 Å². The van der Waals surface area contributed by atoms with E-state index in [1.165, 1.54) is 38.5 Å². The van der Waals surface area contributed by atoms with Crippen LogP contribution >= 0.6 is 0 Å². The minimum atomic E-state index is 0.987. The first kappa shape index (κ1) is 13.1. The molecular weight excluding hydrogens is 266 g/mol. The zero-order valence-corrected chi connectivity index (χ0v) is 13.0. The van der Waals surface area contributed by atoms with Crippen molar-refractivity contribution in [2.24, 2.45) is 0 Å². The lowest BCUT2D eigenvalue weighted by Crippen LogP contribution is -1.93. The van der Waals surface area contributed by atoms with E-state index in [2.05, 4.69) is 85.1 Å². The van der Waals surface area contributed by atoms with Gasteiger partial charge in [0.05, 0.1) is 0 Å². The number of rotatable bonds is 2. The Morgan fingerprint density at radius 2 is 1.55 bits per heavy atom. The molecular formula is C21H19N. The van der Waals surface area contributed by atoms with Gasteiger partial charge >= 0.3 is 0 Å². The van der Waals surface area contributed by atoms with Crippen LogP contribution in [0.3, 0.4) is 0 Å². The summed E-state index contributed by atoms with van der Waals surface area (Å²) in [4.78, 5) is 0. The Kier molecular flexibility index (Phi) is 3.00. The maximum Gasteiger partial charge on any atom is 0.0497 e. The van der Waals surface area contributed by atoms with Crippen molar-refractivity contribution in [2.75, 3.05) is 0 Å². The summed E-state index contributed by atoms with van der Waals surface area (Å²) in [5, 5.41) is 2.71. The first-order chi connectivity index (χ1) is 10.8. The van der Waals surface area contributed by atoms with Gasteiger partial charge in [0.15, 0.2) is 0 Å². The Morgan fingerprint density at radius 1 is 0.727 bits per heavy atom. The minimum absolute atomic E-state index is 0.987. The SMILES string of the molecule is CCn1c2ccc(C)cc2c2ccc(-c3ccccc3)cc21. The van der Waals surface area contributed by atoms with Gasteiger partial charge < -0.3 is 4.57 Å². The van der Waals surface area contributed by atoms with E-state index in [1.54, 1.807) is 0 Å². The highest BCUT2D eigenvalue weighted by Gasteiger charge is 2.10. The van der Waals surface area contributed by atoms with E-state index in [-0.39, 0.29) is 0 Å². The topological polar surface area (TPSA) is 4.93 Å². The average molecular weight is 285 g/mol. The van der Waals surface area contributed by atoms with Crippen LogP contribution in [0.15, 0.2) is 66.7 Å². The summed E-state index contributed by atoms with van der Waals surface area (Å²) >= 11 is 0. The molecule has 1 heterocycles. The molecule has 108 valence electrons. The van der Waals surface area contributed by atoms with E-state index in [0.717, 1.165) is 6.54 Å². The number of aromatic nitrogens is 1. The van der Waals surface area contributed by atoms with Gasteiger partial charge in [-0.3, -0.25) is 0 Å². The Labute approximate surface area is 130 Å². The lowest BCUT2D eigenvalue weighted by molar-refractivity contribution is 0.827. The summed E-state index contributed by atoms with van der Waals surface area (Å²) in [6.45, 7) is 5.36. The van der Waals surface area contributed by atoms with Crippen LogP contribution in [0.4, 0.5) is 0 Å². The van der Waals surface area contributed by atoms with Gasteiger partial charge in [-0.2, -0.15) is 0 Å². The third-order valence-electron chi connectivity index (χ3n) is 4.44. The number of hydrogen-bond acceptors (Lipinski definition) is 0. The fourth-order valence-electron chi connectivity index (χ4n) is 3.36. The Balaban J connectivity index is 2.06. The van der Waals surface area contributed by atoms with E-state index in [4.69, 9.17) is 0 Å². The molecule has 0 radical (unpaired) electrons. The molecule has 0 fully saturated rings. The predicted octanol–water partition coefficient (Wildman–Crippen LogP) is 5.79. The van der Waals surface area contributed by atoms with Gasteiger partial charge in [-0.25, -0.2) is 0 Å². The molecule has 4 aromatic rings. The zero-order chi connectivity index (χ0) is 15.1. The van der Waals surface area contributed by atoms with Crippen molar-refractivity contribution < 1.29 is 0 Å². The molecule has 22 heavy (non-hydrogen) atoms. The molecule has 0 aliphatic heterocycles. The van der Waals surface area contributed by atoms with Crippen molar-refractivity contribution in [3.8, 4) is 11.1 Å². The second-order valence-electron chi connectivity index (χ2n) is 5.86. The summed E-state index contributed by atoms with van der Waals surface area (Å²) in [5.41, 5.74) is 6.52. The monoisotopic (exact) mass is 285 g/mol. The molecule has 0 atom stereocenters. The molecule has 0 unspecified atom stereocenters. The zero-order valence-electron chi connectivity index (χ0n) is 13.0. The quantitative estimate of drug-likeness (QED) is 0.439. The van der Waals surface area contributed by atoms with Gasteiger partial charge in [0, 0.05) is 28.4 Å². The van der Waals surface area contributed by atoms with Crippen LogP contribution in [-0.2, 0) is 6.54 Å². The molecule has 0 spiro atoms. The second kappa shape index (κ2) is 5.03. The van der Waals surface area contributed by atoms with Crippen LogP contribution in [0.5, 0.6) is 0 Å². The van der Waals surface area contributed by atoms with Gasteiger partial charge in [0.2, 0.25) is 0 Å². The highest BCUT2D eigenvalue weighted by Crippen LogP contribution is 2.32. The van der Waals surface area contributed by atoms with E-state index < -0.39 is 0 Å². The molecule has 0 N–H and O–H groups in total. The van der Waals surface area contributed by atoms with Gasteiger partial charge in [0.1, 0.15) is 0 Å². The smallest absolute Gasteiger partial charge is 0.0497 e. The van der Waals surface area contributed by atoms with Crippen molar-refractivity contribution in [3.63, 3.8) is 0 Å². The van der Waals surface area contributed by atoms with E-state index in [1.807, 2.05) is 0 Å². The molecule has 0 amide bonds. The van der Waals surface area contributed by atoms with Gasteiger partial charge in [-0.05, 0) is 43.2 Å².